The van der Waals surface area contributed by atoms with E-state index in [0.29, 0.717) is 17.7 Å². The number of rotatable bonds is 6. The molecule has 1 N–H and O–H groups in total. The lowest BCUT2D eigenvalue weighted by atomic mass is 10.1. The van der Waals surface area contributed by atoms with Gasteiger partial charge in [0, 0.05) is 0 Å². The number of benzene rings is 2. The highest BCUT2D eigenvalue weighted by Crippen LogP contribution is 2.33. The van der Waals surface area contributed by atoms with Crippen molar-refractivity contribution in [3.05, 3.63) is 58.4 Å². The molecule has 31 heavy (non-hydrogen) atoms. The topological polar surface area (TPSA) is 55.4 Å². The van der Waals surface area contributed by atoms with Crippen molar-refractivity contribution >= 4 is 10.0 Å². The first-order valence-electron chi connectivity index (χ1n) is 8.69. The fourth-order valence-electron chi connectivity index (χ4n) is 3.00. The Morgan fingerprint density at radius 1 is 0.968 bits per heavy atom. The standard InChI is InChI=1S/C19H18F7NO3S/c1-10-6-11(2)17(12(3)7-10)31(28,29)27-16(19(24,25)26)9-30-15-8-13(18(21,22)23)4-5-14(15)20/h4-8,16,27H,9H2,1-3H3. The minimum Gasteiger partial charge on any atom is -0.488 e. The largest absolute Gasteiger partial charge is 0.488 e. The summed E-state index contributed by atoms with van der Waals surface area (Å²) in [5.41, 5.74) is -0.227. The number of sulfonamides is 1. The maximum absolute atomic E-state index is 13.7. The summed E-state index contributed by atoms with van der Waals surface area (Å²) in [7, 11) is -4.69. The molecule has 0 aliphatic carbocycles. The summed E-state index contributed by atoms with van der Waals surface area (Å²) >= 11 is 0. The zero-order valence-electron chi connectivity index (χ0n) is 16.4. The van der Waals surface area contributed by atoms with Crippen LogP contribution in [0.25, 0.3) is 0 Å². The van der Waals surface area contributed by atoms with Gasteiger partial charge in [0.05, 0.1) is 10.5 Å². The highest BCUT2D eigenvalue weighted by atomic mass is 32.2. The molecule has 0 fully saturated rings. The Labute approximate surface area is 174 Å². The summed E-state index contributed by atoms with van der Waals surface area (Å²) in [6, 6.07) is 1.09. The first-order valence-corrected chi connectivity index (χ1v) is 10.2. The molecule has 0 heterocycles. The van der Waals surface area contributed by atoms with Crippen molar-refractivity contribution in [1.82, 2.24) is 4.72 Å². The Kier molecular flexibility index (Phi) is 6.96. The molecule has 0 aromatic heterocycles. The minimum absolute atomic E-state index is 0.200. The van der Waals surface area contributed by atoms with Gasteiger partial charge in [0.2, 0.25) is 10.0 Å². The van der Waals surface area contributed by atoms with Gasteiger partial charge in [-0.1, -0.05) is 17.7 Å². The number of hydrogen-bond acceptors (Lipinski definition) is 3. The third kappa shape index (κ3) is 6.10. The molecule has 0 saturated carbocycles. The Hall–Kier alpha value is -2.34. The van der Waals surface area contributed by atoms with Crippen molar-refractivity contribution in [3.63, 3.8) is 0 Å². The van der Waals surface area contributed by atoms with Crippen molar-refractivity contribution in [2.75, 3.05) is 6.61 Å². The summed E-state index contributed by atoms with van der Waals surface area (Å²) in [5.74, 6) is -2.42. The summed E-state index contributed by atoms with van der Waals surface area (Å²) in [6.07, 6.45) is -10.0. The van der Waals surface area contributed by atoms with Gasteiger partial charge in [0.1, 0.15) is 6.61 Å². The number of aryl methyl sites for hydroxylation is 3. The molecule has 0 amide bonds. The second kappa shape index (κ2) is 8.65. The molecule has 4 nitrogen and oxygen atoms in total. The summed E-state index contributed by atoms with van der Waals surface area (Å²) < 4.78 is 124. The molecule has 0 radical (unpaired) electrons. The molecule has 0 aliphatic heterocycles. The van der Waals surface area contributed by atoms with Crippen molar-refractivity contribution in [1.29, 1.82) is 0 Å². The first-order chi connectivity index (χ1) is 14.0. The zero-order valence-corrected chi connectivity index (χ0v) is 17.3. The summed E-state index contributed by atoms with van der Waals surface area (Å²) in [5, 5.41) is 0. The fraction of sp³-hybridized carbons (Fsp3) is 0.368. The fourth-order valence-corrected chi connectivity index (χ4v) is 4.66. The van der Waals surface area contributed by atoms with E-state index in [1.54, 1.807) is 6.92 Å². The van der Waals surface area contributed by atoms with Crippen LogP contribution in [0.2, 0.25) is 0 Å². The van der Waals surface area contributed by atoms with Gasteiger partial charge in [-0.25, -0.2) is 12.8 Å². The van der Waals surface area contributed by atoms with Gasteiger partial charge >= 0.3 is 12.4 Å². The lowest BCUT2D eigenvalue weighted by molar-refractivity contribution is -0.157. The molecule has 12 heteroatoms. The molecular formula is C19H18F7NO3S. The molecule has 172 valence electrons. The number of hydrogen-bond donors (Lipinski definition) is 1. The van der Waals surface area contributed by atoms with E-state index in [9.17, 15) is 39.2 Å². The van der Waals surface area contributed by atoms with Crippen LogP contribution >= 0.6 is 0 Å². The Morgan fingerprint density at radius 3 is 2.00 bits per heavy atom. The average Bonchev–Trinajstić information content (AvgIpc) is 2.56. The van der Waals surface area contributed by atoms with Crippen LogP contribution < -0.4 is 9.46 Å². The van der Waals surface area contributed by atoms with Crippen LogP contribution in [0.4, 0.5) is 30.7 Å². The maximum atomic E-state index is 13.7. The first kappa shape index (κ1) is 24.9. The predicted octanol–water partition coefficient (Wildman–Crippen LogP) is 5.06. The highest BCUT2D eigenvalue weighted by Gasteiger charge is 2.43. The van der Waals surface area contributed by atoms with Crippen molar-refractivity contribution in [3.8, 4) is 5.75 Å². The van der Waals surface area contributed by atoms with Crippen LogP contribution in [-0.4, -0.2) is 27.2 Å². The van der Waals surface area contributed by atoms with E-state index in [1.165, 1.54) is 30.7 Å². The van der Waals surface area contributed by atoms with Gasteiger partial charge in [-0.2, -0.15) is 31.1 Å². The van der Waals surface area contributed by atoms with E-state index >= 15 is 0 Å². The second-order valence-corrected chi connectivity index (χ2v) is 8.55. The summed E-state index contributed by atoms with van der Waals surface area (Å²) in [6.45, 7) is 3.02. The second-order valence-electron chi connectivity index (χ2n) is 6.90. The Bertz CT molecular complexity index is 1040. The van der Waals surface area contributed by atoms with Crippen LogP contribution in [0.5, 0.6) is 5.75 Å². The molecule has 0 spiro atoms. The van der Waals surface area contributed by atoms with Crippen LogP contribution in [-0.2, 0) is 16.2 Å². The molecule has 2 rings (SSSR count). The van der Waals surface area contributed by atoms with Gasteiger partial charge in [0.15, 0.2) is 17.6 Å². The van der Waals surface area contributed by atoms with Crippen molar-refractivity contribution < 1.29 is 43.9 Å². The minimum atomic E-state index is -5.17. The van der Waals surface area contributed by atoms with Crippen LogP contribution in [0.1, 0.15) is 22.3 Å². The molecule has 1 atom stereocenters. The monoisotopic (exact) mass is 473 g/mol. The third-order valence-electron chi connectivity index (χ3n) is 4.23. The van der Waals surface area contributed by atoms with E-state index in [2.05, 4.69) is 4.74 Å². The quantitative estimate of drug-likeness (QED) is 0.597. The molecule has 2 aromatic rings. The van der Waals surface area contributed by atoms with E-state index in [0.717, 1.165) is 0 Å². The number of nitrogens with one attached hydrogen (secondary N) is 1. The number of ether oxygens (including phenoxy) is 1. The van der Waals surface area contributed by atoms with Crippen LogP contribution in [0.15, 0.2) is 35.2 Å². The predicted molar refractivity (Wildman–Crippen MR) is 97.7 cm³/mol. The van der Waals surface area contributed by atoms with E-state index in [1.807, 2.05) is 0 Å². The lowest BCUT2D eigenvalue weighted by Gasteiger charge is -2.23. The van der Waals surface area contributed by atoms with Gasteiger partial charge < -0.3 is 4.74 Å². The highest BCUT2D eigenvalue weighted by molar-refractivity contribution is 7.89. The van der Waals surface area contributed by atoms with Gasteiger partial charge in [0.25, 0.3) is 0 Å². The molecule has 2 aromatic carbocycles. The third-order valence-corrected chi connectivity index (χ3v) is 6.01. The average molecular weight is 473 g/mol. The maximum Gasteiger partial charge on any atom is 0.416 e. The Morgan fingerprint density at radius 2 is 1.52 bits per heavy atom. The van der Waals surface area contributed by atoms with Crippen LogP contribution in [0, 0.1) is 26.6 Å². The number of alkyl halides is 6. The smallest absolute Gasteiger partial charge is 0.416 e. The van der Waals surface area contributed by atoms with Gasteiger partial charge in [-0.15, -0.1) is 0 Å². The van der Waals surface area contributed by atoms with Gasteiger partial charge in [-0.05, 0) is 50.1 Å². The normalized spacial score (nSPS) is 13.9. The SMILES string of the molecule is Cc1cc(C)c(S(=O)(=O)NC(COc2cc(C(F)(F)F)ccc2F)C(F)(F)F)c(C)c1. The van der Waals surface area contributed by atoms with Crippen LogP contribution in [0.3, 0.4) is 0 Å². The van der Waals surface area contributed by atoms with E-state index in [-0.39, 0.29) is 22.1 Å². The summed E-state index contributed by atoms with van der Waals surface area (Å²) in [4.78, 5) is -0.363. The lowest BCUT2D eigenvalue weighted by Crippen LogP contribution is -2.49. The molecule has 0 saturated heterocycles. The number of halogens is 7. The van der Waals surface area contributed by atoms with Crippen molar-refractivity contribution in [2.45, 2.75) is 44.1 Å². The molecule has 0 aliphatic rings. The molecule has 1 unspecified atom stereocenters. The van der Waals surface area contributed by atoms with Crippen molar-refractivity contribution in [2.24, 2.45) is 0 Å². The molecule has 0 bridgehead atoms. The zero-order chi connectivity index (χ0) is 23.8. The van der Waals surface area contributed by atoms with E-state index < -0.39 is 52.2 Å². The Balaban J connectivity index is 2.33. The van der Waals surface area contributed by atoms with Gasteiger partial charge in [-0.3, -0.25) is 0 Å². The van der Waals surface area contributed by atoms with E-state index in [4.69, 9.17) is 0 Å². The molecular weight excluding hydrogens is 455 g/mol.